The van der Waals surface area contributed by atoms with Crippen LogP contribution in [-0.2, 0) is 10.0 Å². The van der Waals surface area contributed by atoms with Crippen LogP contribution in [0.5, 0.6) is 0 Å². The smallest absolute Gasteiger partial charge is 0.269 e. The second-order valence-electron chi connectivity index (χ2n) is 7.39. The summed E-state index contributed by atoms with van der Waals surface area (Å²) in [5.74, 6) is -0.492. The van der Waals surface area contributed by atoms with Crippen molar-refractivity contribution >= 4 is 38.3 Å². The average Bonchev–Trinajstić information content (AvgIpc) is 3.26. The molecular formula is C24H17N3O4S. The summed E-state index contributed by atoms with van der Waals surface area (Å²) in [6.07, 6.45) is 3.01. The normalized spacial score (nSPS) is 14.0. The Labute approximate surface area is 184 Å². The summed E-state index contributed by atoms with van der Waals surface area (Å²) in [5.41, 5.74) is 2.07. The van der Waals surface area contributed by atoms with Gasteiger partial charge in [0.1, 0.15) is 0 Å². The van der Waals surface area contributed by atoms with Crippen LogP contribution in [0, 0.1) is 0 Å². The van der Waals surface area contributed by atoms with Crippen molar-refractivity contribution in [1.29, 1.82) is 0 Å². The van der Waals surface area contributed by atoms with Crippen LogP contribution in [0.2, 0.25) is 0 Å². The molecule has 2 aromatic heterocycles. The minimum Gasteiger partial charge on any atom is -0.352 e. The molecule has 0 atom stereocenters. The summed E-state index contributed by atoms with van der Waals surface area (Å²) in [6, 6.07) is 17.9. The zero-order chi connectivity index (χ0) is 22.5. The molecule has 0 spiro atoms. The van der Waals surface area contributed by atoms with E-state index in [9.17, 15) is 18.0 Å². The molecule has 0 amide bonds. The van der Waals surface area contributed by atoms with Gasteiger partial charge < -0.3 is 5.32 Å². The van der Waals surface area contributed by atoms with E-state index >= 15 is 0 Å². The number of allylic oxidation sites excluding steroid dienone is 2. The Hall–Kier alpha value is -4.04. The van der Waals surface area contributed by atoms with Crippen LogP contribution in [0.3, 0.4) is 0 Å². The number of fused-ring (bicyclic) bond motifs is 2. The van der Waals surface area contributed by atoms with E-state index in [4.69, 9.17) is 0 Å². The van der Waals surface area contributed by atoms with Gasteiger partial charge in [-0.25, -0.2) is 17.4 Å². The van der Waals surface area contributed by atoms with Crippen molar-refractivity contribution in [1.82, 2.24) is 8.96 Å². The summed E-state index contributed by atoms with van der Waals surface area (Å²) in [6.45, 7) is 1.60. The molecule has 1 N–H and O–H groups in total. The minimum absolute atomic E-state index is 0.0771. The van der Waals surface area contributed by atoms with Crippen LogP contribution in [0.1, 0.15) is 27.6 Å². The number of Topliss-reactive ketones (excluding diaryl/α,β-unsaturated/α-hetero) is 2. The molecule has 8 heteroatoms. The number of nitrogens with zero attached hydrogens (tertiary/aromatic N) is 2. The van der Waals surface area contributed by atoms with E-state index in [1.165, 1.54) is 24.5 Å². The molecule has 0 fully saturated rings. The molecule has 0 saturated carbocycles. The lowest BCUT2D eigenvalue weighted by Crippen LogP contribution is -2.25. The first-order valence-corrected chi connectivity index (χ1v) is 11.3. The zero-order valence-electron chi connectivity index (χ0n) is 16.9. The molecule has 0 radical (unpaired) electrons. The lowest BCUT2D eigenvalue weighted by atomic mass is 9.88. The summed E-state index contributed by atoms with van der Waals surface area (Å²) >= 11 is 0. The molecule has 4 aromatic rings. The quantitative estimate of drug-likeness (QED) is 0.511. The van der Waals surface area contributed by atoms with Gasteiger partial charge in [-0.1, -0.05) is 24.3 Å². The maximum Gasteiger partial charge on any atom is 0.269 e. The van der Waals surface area contributed by atoms with Crippen molar-refractivity contribution in [3.63, 3.8) is 0 Å². The Kier molecular flexibility index (Phi) is 4.53. The van der Waals surface area contributed by atoms with Gasteiger partial charge in [-0.15, -0.1) is 0 Å². The Morgan fingerprint density at radius 1 is 0.844 bits per heavy atom. The Morgan fingerprint density at radius 2 is 1.53 bits per heavy atom. The van der Waals surface area contributed by atoms with Crippen LogP contribution in [0.15, 0.2) is 95.3 Å². The minimum atomic E-state index is -3.85. The second kappa shape index (κ2) is 7.28. The first-order valence-electron chi connectivity index (χ1n) is 9.82. The van der Waals surface area contributed by atoms with E-state index in [0.29, 0.717) is 28.0 Å². The van der Waals surface area contributed by atoms with Gasteiger partial charge in [-0.05, 0) is 49.4 Å². The fraction of sp³-hybridized carbons (Fsp3) is 0.0417. The Bertz CT molecular complexity index is 1550. The van der Waals surface area contributed by atoms with Crippen LogP contribution >= 0.6 is 0 Å². The molecule has 158 valence electrons. The van der Waals surface area contributed by atoms with E-state index in [1.807, 2.05) is 0 Å². The van der Waals surface area contributed by atoms with Crippen LogP contribution in [-0.4, -0.2) is 28.9 Å². The number of hydrogen-bond acceptors (Lipinski definition) is 6. The van der Waals surface area contributed by atoms with Gasteiger partial charge in [0.15, 0.2) is 11.4 Å². The van der Waals surface area contributed by atoms with Crippen molar-refractivity contribution in [2.24, 2.45) is 0 Å². The number of hydrogen-bond donors (Lipinski definition) is 1. The van der Waals surface area contributed by atoms with Crippen LogP contribution in [0.4, 0.5) is 5.69 Å². The Balaban J connectivity index is 1.46. The average molecular weight is 443 g/mol. The molecule has 0 unspecified atom stereocenters. The van der Waals surface area contributed by atoms with Crippen molar-refractivity contribution in [2.45, 2.75) is 11.8 Å². The van der Waals surface area contributed by atoms with Gasteiger partial charge in [-0.3, -0.25) is 9.59 Å². The van der Waals surface area contributed by atoms with E-state index in [0.717, 1.165) is 9.36 Å². The number of benzene rings is 2. The van der Waals surface area contributed by atoms with Gasteiger partial charge in [-0.2, -0.15) is 0 Å². The van der Waals surface area contributed by atoms with Crippen molar-refractivity contribution in [3.05, 3.63) is 102 Å². The standard InChI is InChI=1S/C24H17N3O4S/c1-15-21(23(29)20-7-3-2-6-19(20)22(15)28)26-17-8-10-18(11-9-17)32(30,31)27-14-12-16-5-4-13-25-24(16)27/h2-14,26H,1H3. The number of ketones is 2. The molecule has 1 aliphatic carbocycles. The zero-order valence-corrected chi connectivity index (χ0v) is 17.8. The first-order chi connectivity index (χ1) is 15.4. The van der Waals surface area contributed by atoms with E-state index in [1.54, 1.807) is 61.5 Å². The number of carbonyl (C=O) groups excluding carboxylic acids is 2. The number of nitrogens with one attached hydrogen (secondary N) is 1. The van der Waals surface area contributed by atoms with E-state index < -0.39 is 10.0 Å². The largest absolute Gasteiger partial charge is 0.352 e. The highest BCUT2D eigenvalue weighted by Gasteiger charge is 2.29. The molecule has 1 aliphatic rings. The topological polar surface area (TPSA) is 98.1 Å². The molecule has 2 heterocycles. The van der Waals surface area contributed by atoms with Gasteiger partial charge in [0.05, 0.1) is 10.6 Å². The molecule has 32 heavy (non-hydrogen) atoms. The summed E-state index contributed by atoms with van der Waals surface area (Å²) in [5, 5.41) is 3.71. The SMILES string of the molecule is CC1=C(Nc2ccc(S(=O)(=O)n3ccc4cccnc43)cc2)C(=O)c2ccccc2C1=O. The van der Waals surface area contributed by atoms with Gasteiger partial charge in [0.25, 0.3) is 10.0 Å². The predicted molar refractivity (Wildman–Crippen MR) is 120 cm³/mol. The van der Waals surface area contributed by atoms with Gasteiger partial charge in [0, 0.05) is 40.2 Å². The number of pyridine rings is 1. The first kappa shape index (κ1) is 19.9. The van der Waals surface area contributed by atoms with E-state index in [-0.39, 0.29) is 22.2 Å². The lowest BCUT2D eigenvalue weighted by Gasteiger charge is -2.20. The molecule has 5 rings (SSSR count). The molecule has 7 nitrogen and oxygen atoms in total. The highest BCUT2D eigenvalue weighted by molar-refractivity contribution is 7.90. The number of rotatable bonds is 4. The summed E-state index contributed by atoms with van der Waals surface area (Å²) in [4.78, 5) is 29.8. The van der Waals surface area contributed by atoms with Gasteiger partial charge in [0.2, 0.25) is 5.78 Å². The fourth-order valence-corrected chi connectivity index (χ4v) is 5.06. The van der Waals surface area contributed by atoms with Crippen molar-refractivity contribution < 1.29 is 18.0 Å². The fourth-order valence-electron chi connectivity index (χ4n) is 3.75. The maximum absolute atomic E-state index is 13.1. The molecule has 0 aliphatic heterocycles. The highest BCUT2D eigenvalue weighted by Crippen LogP contribution is 2.28. The van der Waals surface area contributed by atoms with Gasteiger partial charge >= 0.3 is 0 Å². The number of carbonyl (C=O) groups is 2. The monoisotopic (exact) mass is 443 g/mol. The molecule has 0 saturated heterocycles. The third kappa shape index (κ3) is 3.04. The predicted octanol–water partition coefficient (Wildman–Crippen LogP) is 4.04. The van der Waals surface area contributed by atoms with Crippen molar-refractivity contribution in [2.75, 3.05) is 5.32 Å². The summed E-state index contributed by atoms with van der Waals surface area (Å²) < 4.78 is 27.3. The molecule has 0 bridgehead atoms. The Morgan fingerprint density at radius 3 is 2.25 bits per heavy atom. The van der Waals surface area contributed by atoms with Crippen molar-refractivity contribution in [3.8, 4) is 0 Å². The maximum atomic E-state index is 13.1. The van der Waals surface area contributed by atoms with Crippen LogP contribution in [0.25, 0.3) is 11.0 Å². The second-order valence-corrected chi connectivity index (χ2v) is 9.20. The van der Waals surface area contributed by atoms with E-state index in [2.05, 4.69) is 10.3 Å². The lowest BCUT2D eigenvalue weighted by molar-refractivity contribution is 0.0976. The molecule has 2 aromatic carbocycles. The molecular weight excluding hydrogens is 426 g/mol. The third-order valence-corrected chi connectivity index (χ3v) is 7.13. The van der Waals surface area contributed by atoms with Crippen LogP contribution < -0.4 is 5.32 Å². The number of anilines is 1. The third-order valence-electron chi connectivity index (χ3n) is 5.45. The summed E-state index contributed by atoms with van der Waals surface area (Å²) in [7, 11) is -3.85. The number of aromatic nitrogens is 2. The highest BCUT2D eigenvalue weighted by atomic mass is 32.2.